The summed E-state index contributed by atoms with van der Waals surface area (Å²) in [6.07, 6.45) is 10.2. The number of nitrogens with zero attached hydrogens (tertiary/aromatic N) is 5. The molecule has 1 amide bonds. The van der Waals surface area contributed by atoms with Crippen molar-refractivity contribution in [1.82, 2.24) is 24.4 Å². The molecule has 1 aliphatic heterocycles. The van der Waals surface area contributed by atoms with Crippen molar-refractivity contribution in [2.45, 2.75) is 18.9 Å². The summed E-state index contributed by atoms with van der Waals surface area (Å²) in [5.74, 6) is 0.196. The van der Waals surface area contributed by atoms with E-state index < -0.39 is 0 Å². The predicted molar refractivity (Wildman–Crippen MR) is 88.6 cm³/mol. The van der Waals surface area contributed by atoms with Crippen LogP contribution in [-0.4, -0.2) is 36.9 Å². The van der Waals surface area contributed by atoms with E-state index in [-0.39, 0.29) is 17.8 Å². The maximum absolute atomic E-state index is 13.1. The van der Waals surface area contributed by atoms with Crippen LogP contribution in [0.15, 0.2) is 55.4 Å². The van der Waals surface area contributed by atoms with Gasteiger partial charge in [-0.2, -0.15) is 0 Å². The van der Waals surface area contributed by atoms with Crippen molar-refractivity contribution in [3.8, 4) is 5.82 Å². The quantitative estimate of drug-likeness (QED) is 0.737. The molecule has 3 heterocycles. The number of carbonyl (C=O) groups excluding carboxylic acids is 1. The summed E-state index contributed by atoms with van der Waals surface area (Å²) < 4.78 is 14.9. The summed E-state index contributed by atoms with van der Waals surface area (Å²) in [6.45, 7) is 0.651. The maximum Gasteiger partial charge on any atom is 0.254 e. The van der Waals surface area contributed by atoms with Crippen LogP contribution in [0.5, 0.6) is 0 Å². The Balaban J connectivity index is 1.62. The second-order valence-corrected chi connectivity index (χ2v) is 5.94. The zero-order chi connectivity index (χ0) is 17.2. The fraction of sp³-hybridized carbons (Fsp3) is 0.222. The predicted octanol–water partition coefficient (Wildman–Crippen LogP) is 2.78. The molecule has 1 aromatic carbocycles. The Morgan fingerprint density at radius 2 is 2.00 bits per heavy atom. The molecule has 0 saturated carbocycles. The molecule has 0 spiro atoms. The van der Waals surface area contributed by atoms with E-state index in [1.54, 1.807) is 40.6 Å². The zero-order valence-electron chi connectivity index (χ0n) is 13.4. The smallest absolute Gasteiger partial charge is 0.254 e. The zero-order valence-corrected chi connectivity index (χ0v) is 13.4. The van der Waals surface area contributed by atoms with Crippen LogP contribution in [0.25, 0.3) is 5.82 Å². The number of hydrogen-bond acceptors (Lipinski definition) is 4. The van der Waals surface area contributed by atoms with Gasteiger partial charge >= 0.3 is 0 Å². The van der Waals surface area contributed by atoms with Crippen molar-refractivity contribution >= 4 is 5.91 Å². The lowest BCUT2D eigenvalue weighted by Crippen LogP contribution is -2.31. The normalized spacial score (nSPS) is 17.0. The van der Waals surface area contributed by atoms with Crippen molar-refractivity contribution in [3.05, 3.63) is 72.5 Å². The standard InChI is InChI=1S/C18H16FN5O/c19-14-5-3-13(4-6-14)18(25)24-8-1-2-16(24)15-10-21-11-17(22-15)23-9-7-20-12-23/h3-7,9-12,16H,1-2,8H2. The third kappa shape index (κ3) is 3.00. The van der Waals surface area contributed by atoms with Gasteiger partial charge in [0.15, 0.2) is 5.82 Å². The summed E-state index contributed by atoms with van der Waals surface area (Å²) in [6, 6.07) is 5.50. The molecule has 126 valence electrons. The lowest BCUT2D eigenvalue weighted by Gasteiger charge is -2.24. The summed E-state index contributed by atoms with van der Waals surface area (Å²) >= 11 is 0. The van der Waals surface area contributed by atoms with Gasteiger partial charge in [0.1, 0.15) is 12.1 Å². The lowest BCUT2D eigenvalue weighted by molar-refractivity contribution is 0.0732. The largest absolute Gasteiger partial charge is 0.330 e. The Bertz CT molecular complexity index is 879. The summed E-state index contributed by atoms with van der Waals surface area (Å²) in [7, 11) is 0. The van der Waals surface area contributed by atoms with Gasteiger partial charge in [-0.15, -0.1) is 0 Å². The highest BCUT2D eigenvalue weighted by Gasteiger charge is 2.32. The van der Waals surface area contributed by atoms with Crippen LogP contribution >= 0.6 is 0 Å². The van der Waals surface area contributed by atoms with Crippen LogP contribution in [-0.2, 0) is 0 Å². The summed E-state index contributed by atoms with van der Waals surface area (Å²) in [4.78, 5) is 27.5. The highest BCUT2D eigenvalue weighted by molar-refractivity contribution is 5.94. The van der Waals surface area contributed by atoms with E-state index >= 15 is 0 Å². The van der Waals surface area contributed by atoms with Gasteiger partial charge in [-0.1, -0.05) is 0 Å². The molecule has 4 rings (SSSR count). The minimum atomic E-state index is -0.353. The molecule has 1 saturated heterocycles. The first kappa shape index (κ1) is 15.4. The van der Waals surface area contributed by atoms with Crippen molar-refractivity contribution in [2.24, 2.45) is 0 Å². The molecule has 0 radical (unpaired) electrons. The van der Waals surface area contributed by atoms with Crippen LogP contribution in [0.1, 0.15) is 34.9 Å². The van der Waals surface area contributed by atoms with E-state index in [1.165, 1.54) is 24.3 Å². The van der Waals surface area contributed by atoms with E-state index in [0.717, 1.165) is 18.5 Å². The number of halogens is 1. The molecular weight excluding hydrogens is 321 g/mol. The van der Waals surface area contributed by atoms with Crippen molar-refractivity contribution in [3.63, 3.8) is 0 Å². The lowest BCUT2D eigenvalue weighted by atomic mass is 10.1. The molecule has 0 bridgehead atoms. The average molecular weight is 337 g/mol. The average Bonchev–Trinajstić information content (AvgIpc) is 3.34. The number of benzene rings is 1. The molecule has 1 aliphatic rings. The SMILES string of the molecule is O=C(c1ccc(F)cc1)N1CCCC1c1cncc(-n2ccnc2)n1. The van der Waals surface area contributed by atoms with Gasteiger partial charge in [0.05, 0.1) is 24.1 Å². The summed E-state index contributed by atoms with van der Waals surface area (Å²) in [5.41, 5.74) is 1.23. The van der Waals surface area contributed by atoms with Crippen molar-refractivity contribution < 1.29 is 9.18 Å². The monoisotopic (exact) mass is 337 g/mol. The minimum absolute atomic E-state index is 0.114. The Hall–Kier alpha value is -3.09. The Morgan fingerprint density at radius 3 is 2.76 bits per heavy atom. The van der Waals surface area contributed by atoms with Crippen molar-refractivity contribution in [2.75, 3.05) is 6.54 Å². The van der Waals surface area contributed by atoms with Crippen molar-refractivity contribution in [1.29, 1.82) is 0 Å². The Labute approximate surface area is 144 Å². The molecule has 6 nitrogen and oxygen atoms in total. The number of hydrogen-bond donors (Lipinski definition) is 0. The number of likely N-dealkylation sites (tertiary alicyclic amines) is 1. The molecule has 3 aromatic rings. The van der Waals surface area contributed by atoms with Gasteiger partial charge in [0.2, 0.25) is 0 Å². The van der Waals surface area contributed by atoms with Crippen LogP contribution in [0, 0.1) is 5.82 Å². The summed E-state index contributed by atoms with van der Waals surface area (Å²) in [5, 5.41) is 0. The molecule has 1 fully saturated rings. The van der Waals surface area contributed by atoms with E-state index in [2.05, 4.69) is 15.0 Å². The first-order valence-electron chi connectivity index (χ1n) is 8.09. The molecule has 7 heteroatoms. The molecule has 25 heavy (non-hydrogen) atoms. The molecule has 0 N–H and O–H groups in total. The number of amides is 1. The molecule has 2 aromatic heterocycles. The van der Waals surface area contributed by atoms with Gasteiger partial charge in [-0.3, -0.25) is 14.3 Å². The van der Waals surface area contributed by atoms with Gasteiger partial charge in [0.25, 0.3) is 5.91 Å². The molecule has 1 unspecified atom stereocenters. The van der Waals surface area contributed by atoms with Crippen LogP contribution in [0.4, 0.5) is 4.39 Å². The Morgan fingerprint density at radius 1 is 1.16 bits per heavy atom. The second-order valence-electron chi connectivity index (χ2n) is 5.94. The van der Waals surface area contributed by atoms with E-state index in [0.29, 0.717) is 17.9 Å². The topological polar surface area (TPSA) is 63.9 Å². The minimum Gasteiger partial charge on any atom is -0.330 e. The first-order chi connectivity index (χ1) is 12.2. The van der Waals surface area contributed by atoms with Gasteiger partial charge in [-0.05, 0) is 37.1 Å². The van der Waals surface area contributed by atoms with E-state index in [1.807, 2.05) is 0 Å². The highest BCUT2D eigenvalue weighted by atomic mass is 19.1. The maximum atomic E-state index is 13.1. The van der Waals surface area contributed by atoms with Crippen LogP contribution < -0.4 is 0 Å². The fourth-order valence-electron chi connectivity index (χ4n) is 3.13. The first-order valence-corrected chi connectivity index (χ1v) is 8.09. The number of aromatic nitrogens is 4. The van der Waals surface area contributed by atoms with Gasteiger partial charge < -0.3 is 4.90 Å². The van der Waals surface area contributed by atoms with Crippen LogP contribution in [0.3, 0.4) is 0 Å². The van der Waals surface area contributed by atoms with Gasteiger partial charge in [-0.25, -0.2) is 14.4 Å². The van der Waals surface area contributed by atoms with Gasteiger partial charge in [0, 0.05) is 24.5 Å². The molecular formula is C18H16FN5O. The number of rotatable bonds is 3. The highest BCUT2D eigenvalue weighted by Crippen LogP contribution is 2.32. The Kier molecular flexibility index (Phi) is 3.97. The van der Waals surface area contributed by atoms with E-state index in [4.69, 9.17) is 0 Å². The molecule has 0 aliphatic carbocycles. The molecule has 1 atom stereocenters. The number of imidazole rings is 1. The fourth-order valence-corrected chi connectivity index (χ4v) is 3.13. The van der Waals surface area contributed by atoms with E-state index in [9.17, 15) is 9.18 Å². The van der Waals surface area contributed by atoms with Crippen LogP contribution in [0.2, 0.25) is 0 Å². The third-order valence-corrected chi connectivity index (χ3v) is 4.36. The third-order valence-electron chi connectivity index (χ3n) is 4.36. The number of carbonyl (C=O) groups is 1. The second kappa shape index (κ2) is 6.43.